The second-order valence-corrected chi connectivity index (χ2v) is 6.22. The standard InChI is InChI=1S/C19H19N5O2/c1-2-16-17(22-18-14(11-20)12-21-24(18)19(16)25)13-4-3-5-15(10-13)23-6-8-26-9-7-23/h3-5,10,12,22H,2,6-9H2,1H3. The molecular formula is C19H19N5O2. The number of nitrogens with zero attached hydrogens (tertiary/aromatic N) is 4. The number of nitriles is 1. The minimum Gasteiger partial charge on any atom is -0.378 e. The lowest BCUT2D eigenvalue weighted by atomic mass is 10.0. The summed E-state index contributed by atoms with van der Waals surface area (Å²) in [6.45, 7) is 5.07. The summed E-state index contributed by atoms with van der Waals surface area (Å²) in [6.07, 6.45) is 1.99. The van der Waals surface area contributed by atoms with Crippen molar-refractivity contribution < 1.29 is 4.74 Å². The van der Waals surface area contributed by atoms with E-state index in [1.807, 2.05) is 19.1 Å². The Morgan fingerprint density at radius 3 is 2.88 bits per heavy atom. The molecule has 1 aliphatic heterocycles. The highest BCUT2D eigenvalue weighted by Crippen LogP contribution is 2.26. The number of aromatic amines is 1. The summed E-state index contributed by atoms with van der Waals surface area (Å²) in [5.41, 5.74) is 4.03. The molecule has 0 unspecified atom stereocenters. The van der Waals surface area contributed by atoms with E-state index in [9.17, 15) is 10.1 Å². The third kappa shape index (κ3) is 2.65. The summed E-state index contributed by atoms with van der Waals surface area (Å²) in [4.78, 5) is 18.4. The molecule has 1 fully saturated rings. The predicted octanol–water partition coefficient (Wildman–Crippen LogP) is 1.96. The zero-order valence-electron chi connectivity index (χ0n) is 14.5. The van der Waals surface area contributed by atoms with Crippen LogP contribution in [0, 0.1) is 11.3 Å². The minimum absolute atomic E-state index is 0.186. The highest BCUT2D eigenvalue weighted by molar-refractivity contribution is 5.71. The maximum Gasteiger partial charge on any atom is 0.278 e. The first kappa shape index (κ1) is 16.4. The normalized spacial score (nSPS) is 14.5. The van der Waals surface area contributed by atoms with Gasteiger partial charge in [-0.2, -0.15) is 14.9 Å². The minimum atomic E-state index is -0.186. The Bertz CT molecular complexity index is 1050. The second kappa shape index (κ2) is 6.65. The number of anilines is 1. The smallest absolute Gasteiger partial charge is 0.278 e. The van der Waals surface area contributed by atoms with Gasteiger partial charge in [-0.1, -0.05) is 19.1 Å². The van der Waals surface area contributed by atoms with Crippen molar-refractivity contribution in [1.82, 2.24) is 14.6 Å². The van der Waals surface area contributed by atoms with Gasteiger partial charge < -0.3 is 14.6 Å². The lowest BCUT2D eigenvalue weighted by Gasteiger charge is -2.29. The van der Waals surface area contributed by atoms with Crippen LogP contribution in [0.3, 0.4) is 0 Å². The fourth-order valence-electron chi connectivity index (χ4n) is 3.39. The predicted molar refractivity (Wildman–Crippen MR) is 98.4 cm³/mol. The van der Waals surface area contributed by atoms with E-state index in [1.165, 1.54) is 10.7 Å². The number of rotatable bonds is 3. The molecule has 7 heteroatoms. The summed E-state index contributed by atoms with van der Waals surface area (Å²) in [6, 6.07) is 10.2. The van der Waals surface area contributed by atoms with Gasteiger partial charge >= 0.3 is 0 Å². The lowest BCUT2D eigenvalue weighted by molar-refractivity contribution is 0.122. The van der Waals surface area contributed by atoms with Gasteiger partial charge in [0.1, 0.15) is 11.6 Å². The zero-order chi connectivity index (χ0) is 18.1. The Labute approximate surface area is 150 Å². The molecule has 0 bridgehead atoms. The van der Waals surface area contributed by atoms with E-state index in [-0.39, 0.29) is 5.56 Å². The van der Waals surface area contributed by atoms with Gasteiger partial charge in [0.05, 0.1) is 25.1 Å². The molecule has 0 radical (unpaired) electrons. The van der Waals surface area contributed by atoms with Crippen LogP contribution in [0.4, 0.5) is 5.69 Å². The van der Waals surface area contributed by atoms with E-state index >= 15 is 0 Å². The van der Waals surface area contributed by atoms with Crippen LogP contribution in [0.25, 0.3) is 16.9 Å². The molecule has 3 aromatic rings. The lowest BCUT2D eigenvalue weighted by Crippen LogP contribution is -2.36. The first-order valence-electron chi connectivity index (χ1n) is 8.69. The summed E-state index contributed by atoms with van der Waals surface area (Å²) in [7, 11) is 0. The molecule has 0 amide bonds. The van der Waals surface area contributed by atoms with Crippen LogP contribution < -0.4 is 10.5 Å². The quantitative estimate of drug-likeness (QED) is 0.781. The van der Waals surface area contributed by atoms with Crippen LogP contribution in [-0.2, 0) is 11.2 Å². The van der Waals surface area contributed by atoms with E-state index in [4.69, 9.17) is 4.74 Å². The Morgan fingerprint density at radius 1 is 1.35 bits per heavy atom. The van der Waals surface area contributed by atoms with Crippen LogP contribution in [0.2, 0.25) is 0 Å². The average molecular weight is 349 g/mol. The van der Waals surface area contributed by atoms with Gasteiger partial charge in [-0.05, 0) is 18.6 Å². The molecule has 0 aliphatic carbocycles. The third-order valence-corrected chi connectivity index (χ3v) is 4.75. The summed E-state index contributed by atoms with van der Waals surface area (Å²) in [5, 5.41) is 13.3. The van der Waals surface area contributed by atoms with Gasteiger partial charge in [0, 0.05) is 29.9 Å². The zero-order valence-corrected chi connectivity index (χ0v) is 14.5. The van der Waals surface area contributed by atoms with Crippen LogP contribution in [0.5, 0.6) is 0 Å². The van der Waals surface area contributed by atoms with Crippen molar-refractivity contribution >= 4 is 11.3 Å². The highest BCUT2D eigenvalue weighted by atomic mass is 16.5. The Morgan fingerprint density at radius 2 is 2.15 bits per heavy atom. The van der Waals surface area contributed by atoms with E-state index < -0.39 is 0 Å². The molecule has 1 N–H and O–H groups in total. The van der Waals surface area contributed by atoms with Crippen LogP contribution >= 0.6 is 0 Å². The molecule has 1 aliphatic rings. The van der Waals surface area contributed by atoms with E-state index in [2.05, 4.69) is 33.2 Å². The first-order chi connectivity index (χ1) is 12.7. The molecule has 1 aromatic carbocycles. The Hall–Kier alpha value is -3.11. The van der Waals surface area contributed by atoms with Gasteiger partial charge in [0.15, 0.2) is 5.65 Å². The molecule has 0 spiro atoms. The molecule has 26 heavy (non-hydrogen) atoms. The Kier molecular flexibility index (Phi) is 4.19. The average Bonchev–Trinajstić information content (AvgIpc) is 3.12. The molecule has 2 aromatic heterocycles. The number of morpholine rings is 1. The van der Waals surface area contributed by atoms with E-state index in [1.54, 1.807) is 0 Å². The van der Waals surface area contributed by atoms with Crippen molar-refractivity contribution in [3.8, 4) is 17.3 Å². The fourth-order valence-corrected chi connectivity index (χ4v) is 3.39. The van der Waals surface area contributed by atoms with Crippen LogP contribution in [0.1, 0.15) is 18.1 Å². The van der Waals surface area contributed by atoms with Crippen molar-refractivity contribution in [2.75, 3.05) is 31.2 Å². The largest absolute Gasteiger partial charge is 0.378 e. The van der Waals surface area contributed by atoms with Gasteiger partial charge in [0.2, 0.25) is 0 Å². The molecule has 0 saturated carbocycles. The van der Waals surface area contributed by atoms with Crippen molar-refractivity contribution in [1.29, 1.82) is 5.26 Å². The summed E-state index contributed by atoms with van der Waals surface area (Å²) in [5.74, 6) is 0. The van der Waals surface area contributed by atoms with E-state index in [0.717, 1.165) is 30.0 Å². The molecule has 4 rings (SSSR count). The van der Waals surface area contributed by atoms with Gasteiger partial charge in [-0.15, -0.1) is 0 Å². The number of hydrogen-bond donors (Lipinski definition) is 1. The second-order valence-electron chi connectivity index (χ2n) is 6.22. The van der Waals surface area contributed by atoms with Crippen molar-refractivity contribution in [3.63, 3.8) is 0 Å². The van der Waals surface area contributed by atoms with Gasteiger partial charge in [-0.25, -0.2) is 0 Å². The first-order valence-corrected chi connectivity index (χ1v) is 8.69. The number of aromatic nitrogens is 3. The van der Waals surface area contributed by atoms with Crippen molar-refractivity contribution in [2.24, 2.45) is 0 Å². The number of ether oxygens (including phenoxy) is 1. The number of hydrogen-bond acceptors (Lipinski definition) is 5. The van der Waals surface area contributed by atoms with Gasteiger partial charge in [-0.3, -0.25) is 4.79 Å². The third-order valence-electron chi connectivity index (χ3n) is 4.75. The van der Waals surface area contributed by atoms with Gasteiger partial charge in [0.25, 0.3) is 5.56 Å². The maximum absolute atomic E-state index is 12.8. The number of fused-ring (bicyclic) bond motifs is 1. The van der Waals surface area contributed by atoms with E-state index in [0.29, 0.717) is 36.4 Å². The summed E-state index contributed by atoms with van der Waals surface area (Å²) < 4.78 is 6.69. The molecule has 0 atom stereocenters. The molecule has 132 valence electrons. The number of benzene rings is 1. The summed E-state index contributed by atoms with van der Waals surface area (Å²) >= 11 is 0. The molecule has 1 saturated heterocycles. The van der Waals surface area contributed by atoms with Crippen LogP contribution in [0.15, 0.2) is 35.3 Å². The molecule has 7 nitrogen and oxygen atoms in total. The SMILES string of the molecule is CCc1c(-c2cccc(N3CCOCC3)c2)[nH]c2c(C#N)cnn2c1=O. The highest BCUT2D eigenvalue weighted by Gasteiger charge is 2.17. The molecule has 3 heterocycles. The monoisotopic (exact) mass is 349 g/mol. The van der Waals surface area contributed by atoms with Crippen molar-refractivity contribution in [2.45, 2.75) is 13.3 Å². The topological polar surface area (TPSA) is 86.4 Å². The fraction of sp³-hybridized carbons (Fsp3) is 0.316. The molecular weight excluding hydrogens is 330 g/mol. The number of H-pyrrole nitrogens is 1. The maximum atomic E-state index is 12.8. The Balaban J connectivity index is 1.88. The van der Waals surface area contributed by atoms with Crippen molar-refractivity contribution in [3.05, 3.63) is 51.9 Å². The van der Waals surface area contributed by atoms with Crippen LogP contribution in [-0.4, -0.2) is 40.9 Å². The number of nitrogens with one attached hydrogen (secondary N) is 1.